The first kappa shape index (κ1) is 23.6. The van der Waals surface area contributed by atoms with E-state index >= 15 is 0 Å². The summed E-state index contributed by atoms with van der Waals surface area (Å²) in [5.41, 5.74) is 0.977. The molecule has 1 amide bonds. The van der Waals surface area contributed by atoms with Crippen molar-refractivity contribution in [1.82, 2.24) is 24.9 Å². The van der Waals surface area contributed by atoms with Gasteiger partial charge in [-0.25, -0.2) is 8.78 Å². The number of piperazine rings is 1. The molecule has 32 heavy (non-hydrogen) atoms. The molecule has 4 rings (SSSR count). The average Bonchev–Trinajstić information content (AvgIpc) is 3.30. The van der Waals surface area contributed by atoms with E-state index in [2.05, 4.69) is 29.2 Å². The number of fused-ring (bicyclic) bond motifs is 1. The van der Waals surface area contributed by atoms with Crippen molar-refractivity contribution in [3.63, 3.8) is 0 Å². The lowest BCUT2D eigenvalue weighted by atomic mass is 9.89. The van der Waals surface area contributed by atoms with Crippen molar-refractivity contribution >= 4 is 27.5 Å². The third-order valence-corrected chi connectivity index (χ3v) is 7.87. The second-order valence-electron chi connectivity index (χ2n) is 9.70. The smallest absolute Gasteiger partial charge is 0.261 e. The Kier molecular flexibility index (Phi) is 7.47. The fraction of sp³-hybridized carbons (Fsp3) is 0.739. The minimum Gasteiger partial charge on any atom is -0.349 e. The van der Waals surface area contributed by atoms with E-state index in [1.54, 1.807) is 0 Å². The molecule has 2 fully saturated rings. The number of aryl methyl sites for hydroxylation is 1. The lowest BCUT2D eigenvalue weighted by molar-refractivity contribution is 0.0346. The summed E-state index contributed by atoms with van der Waals surface area (Å²) in [6.07, 6.45) is 1.79. The van der Waals surface area contributed by atoms with Gasteiger partial charge in [0.2, 0.25) is 0 Å². The molecule has 0 atom stereocenters. The van der Waals surface area contributed by atoms with Crippen LogP contribution in [0.15, 0.2) is 6.07 Å². The maximum absolute atomic E-state index is 12.9. The first-order chi connectivity index (χ1) is 15.3. The van der Waals surface area contributed by atoms with Crippen LogP contribution < -0.4 is 5.32 Å². The molecule has 2 aliphatic rings. The summed E-state index contributed by atoms with van der Waals surface area (Å²) in [6.45, 7) is 10.3. The van der Waals surface area contributed by atoms with Crippen LogP contribution in [-0.2, 0) is 6.54 Å². The topological polar surface area (TPSA) is 53.4 Å². The molecule has 1 saturated carbocycles. The number of carbonyl (C=O) groups excluding carboxylic acids is 1. The van der Waals surface area contributed by atoms with Gasteiger partial charge in [-0.05, 0) is 44.6 Å². The van der Waals surface area contributed by atoms with Gasteiger partial charge in [-0.1, -0.05) is 13.8 Å². The van der Waals surface area contributed by atoms with Crippen molar-refractivity contribution in [3.05, 3.63) is 16.6 Å². The molecule has 0 aromatic carbocycles. The van der Waals surface area contributed by atoms with Gasteiger partial charge in [0, 0.05) is 50.2 Å². The largest absolute Gasteiger partial charge is 0.349 e. The number of nitrogens with one attached hydrogen (secondary N) is 1. The molecule has 2 aromatic rings. The Labute approximate surface area is 192 Å². The maximum Gasteiger partial charge on any atom is 0.261 e. The molecule has 0 unspecified atom stereocenters. The normalized spacial score (nSPS) is 23.5. The van der Waals surface area contributed by atoms with Gasteiger partial charge in [0.15, 0.2) is 0 Å². The van der Waals surface area contributed by atoms with E-state index in [1.807, 2.05) is 22.6 Å². The van der Waals surface area contributed by atoms with Crippen molar-refractivity contribution < 1.29 is 13.6 Å². The summed E-state index contributed by atoms with van der Waals surface area (Å²) in [7, 11) is 0. The predicted octanol–water partition coefficient (Wildman–Crippen LogP) is 3.99. The Bertz CT molecular complexity index is 911. The molecule has 6 nitrogen and oxygen atoms in total. The minimum absolute atomic E-state index is 0.0192. The van der Waals surface area contributed by atoms with Crippen LogP contribution in [0.4, 0.5) is 8.78 Å². The van der Waals surface area contributed by atoms with Crippen LogP contribution in [0.1, 0.15) is 54.9 Å². The van der Waals surface area contributed by atoms with Crippen LogP contribution >= 0.6 is 11.3 Å². The average molecular weight is 468 g/mol. The zero-order chi connectivity index (χ0) is 22.8. The van der Waals surface area contributed by atoms with E-state index < -0.39 is 6.43 Å². The number of rotatable bonds is 7. The van der Waals surface area contributed by atoms with Crippen LogP contribution in [0.2, 0.25) is 0 Å². The van der Waals surface area contributed by atoms with Gasteiger partial charge in [-0.2, -0.15) is 5.10 Å². The zero-order valence-electron chi connectivity index (χ0n) is 19.3. The quantitative estimate of drug-likeness (QED) is 0.669. The zero-order valence-corrected chi connectivity index (χ0v) is 20.1. The number of halogens is 2. The number of amides is 1. The van der Waals surface area contributed by atoms with Crippen molar-refractivity contribution in [3.8, 4) is 0 Å². The van der Waals surface area contributed by atoms with Crippen LogP contribution in [0, 0.1) is 12.8 Å². The first-order valence-corrected chi connectivity index (χ1v) is 12.6. The van der Waals surface area contributed by atoms with Gasteiger partial charge in [0.25, 0.3) is 12.3 Å². The molecule has 9 heteroatoms. The Morgan fingerprint density at radius 2 is 1.84 bits per heavy atom. The lowest BCUT2D eigenvalue weighted by Gasteiger charge is -2.42. The number of alkyl halides is 2. The minimum atomic E-state index is -2.25. The van der Waals surface area contributed by atoms with Crippen molar-refractivity contribution in [2.24, 2.45) is 5.92 Å². The molecule has 3 heterocycles. The summed E-state index contributed by atoms with van der Waals surface area (Å²) in [5.74, 6) is 0.519. The van der Waals surface area contributed by atoms with E-state index in [4.69, 9.17) is 0 Å². The molecule has 1 N–H and O–H groups in total. The second kappa shape index (κ2) is 10.1. The Morgan fingerprint density at radius 1 is 1.16 bits per heavy atom. The van der Waals surface area contributed by atoms with Crippen molar-refractivity contribution in [2.75, 3.05) is 32.7 Å². The Balaban J connectivity index is 1.28. The van der Waals surface area contributed by atoms with Crippen LogP contribution in [0.25, 0.3) is 10.2 Å². The molecule has 0 spiro atoms. The third-order valence-electron chi connectivity index (χ3n) is 6.72. The summed E-state index contributed by atoms with van der Waals surface area (Å²) in [6, 6.07) is 2.70. The number of thiophene rings is 1. The van der Waals surface area contributed by atoms with Crippen molar-refractivity contribution in [2.45, 2.75) is 71.5 Å². The summed E-state index contributed by atoms with van der Waals surface area (Å²) < 4.78 is 27.2. The molecule has 178 valence electrons. The van der Waals surface area contributed by atoms with E-state index in [9.17, 15) is 13.6 Å². The summed E-state index contributed by atoms with van der Waals surface area (Å²) in [5, 5.41) is 8.96. The monoisotopic (exact) mass is 467 g/mol. The number of aromatic nitrogens is 2. The molecule has 1 aliphatic carbocycles. The molecular weight excluding hydrogens is 432 g/mol. The molecule has 2 aromatic heterocycles. The Morgan fingerprint density at radius 3 is 2.47 bits per heavy atom. The maximum atomic E-state index is 12.9. The SMILES string of the molecule is Cc1nn(CC(C)C)c2sc(C(=O)NC3CCC(N4CCN(CC(F)F)CC4)CC3)cc12. The highest BCUT2D eigenvalue weighted by molar-refractivity contribution is 7.20. The third kappa shape index (κ3) is 5.48. The van der Waals surface area contributed by atoms with E-state index in [-0.39, 0.29) is 18.5 Å². The summed E-state index contributed by atoms with van der Waals surface area (Å²) in [4.78, 5) is 19.1. The van der Waals surface area contributed by atoms with E-state index in [1.165, 1.54) is 11.3 Å². The molecule has 0 bridgehead atoms. The van der Waals surface area contributed by atoms with Gasteiger partial charge in [-0.15, -0.1) is 11.3 Å². The number of nitrogens with zero attached hydrogens (tertiary/aromatic N) is 4. The van der Waals surface area contributed by atoms with Crippen LogP contribution in [0.5, 0.6) is 0 Å². The van der Waals surface area contributed by atoms with Gasteiger partial charge >= 0.3 is 0 Å². The summed E-state index contributed by atoms with van der Waals surface area (Å²) >= 11 is 1.53. The van der Waals surface area contributed by atoms with Crippen LogP contribution in [0.3, 0.4) is 0 Å². The van der Waals surface area contributed by atoms with Crippen molar-refractivity contribution in [1.29, 1.82) is 0 Å². The fourth-order valence-electron chi connectivity index (χ4n) is 5.04. The standard InChI is InChI=1S/C23H35F2N5OS/c1-15(2)13-30-23-19(16(3)27-30)12-20(32-23)22(31)26-17-4-6-18(7-5-17)29-10-8-28(9-11-29)14-21(24)25/h12,15,17-18,21H,4-11,13-14H2,1-3H3,(H,26,31). The number of hydrogen-bond donors (Lipinski definition) is 1. The number of hydrogen-bond acceptors (Lipinski definition) is 5. The van der Waals surface area contributed by atoms with Gasteiger partial charge in [0.1, 0.15) is 4.83 Å². The first-order valence-electron chi connectivity index (χ1n) is 11.8. The highest BCUT2D eigenvalue weighted by Crippen LogP contribution is 2.30. The van der Waals surface area contributed by atoms with E-state index in [0.717, 1.165) is 79.2 Å². The van der Waals surface area contributed by atoms with Gasteiger partial charge in [-0.3, -0.25) is 19.3 Å². The second-order valence-corrected chi connectivity index (χ2v) is 10.7. The van der Waals surface area contributed by atoms with Crippen LogP contribution in [-0.4, -0.2) is 76.7 Å². The predicted molar refractivity (Wildman–Crippen MR) is 125 cm³/mol. The number of carbonyl (C=O) groups is 1. The molecule has 1 saturated heterocycles. The molecule has 0 radical (unpaired) electrons. The molecular formula is C23H35F2N5OS. The molecule has 1 aliphatic heterocycles. The highest BCUT2D eigenvalue weighted by Gasteiger charge is 2.30. The Hall–Kier alpha value is -1.58. The highest BCUT2D eigenvalue weighted by atomic mass is 32.1. The fourth-order valence-corrected chi connectivity index (χ4v) is 6.12. The lowest BCUT2D eigenvalue weighted by Crippen LogP contribution is -2.52. The van der Waals surface area contributed by atoms with Gasteiger partial charge < -0.3 is 5.32 Å². The van der Waals surface area contributed by atoms with Gasteiger partial charge in [0.05, 0.1) is 17.1 Å². The van der Waals surface area contributed by atoms with E-state index in [0.29, 0.717) is 12.0 Å².